The normalized spacial score (nSPS) is 13.2. The summed E-state index contributed by atoms with van der Waals surface area (Å²) in [5.41, 5.74) is 1.36. The minimum Gasteiger partial charge on any atom is -0.493 e. The van der Waals surface area contributed by atoms with Crippen molar-refractivity contribution >= 4 is 11.7 Å². The summed E-state index contributed by atoms with van der Waals surface area (Å²) in [7, 11) is 3.20. The van der Waals surface area contributed by atoms with E-state index in [-0.39, 0.29) is 5.91 Å². The molecule has 1 aliphatic rings. The topological polar surface area (TPSA) is 85.4 Å². The lowest BCUT2D eigenvalue weighted by Crippen LogP contribution is -2.26. The highest BCUT2D eigenvalue weighted by molar-refractivity contribution is 5.92. The number of rotatable bonds is 8. The van der Waals surface area contributed by atoms with E-state index in [0.717, 1.165) is 5.56 Å². The molecule has 1 aliphatic carbocycles. The van der Waals surface area contributed by atoms with Crippen molar-refractivity contribution in [2.75, 3.05) is 26.1 Å². The van der Waals surface area contributed by atoms with Crippen molar-refractivity contribution < 1.29 is 14.3 Å². The number of carbonyl (C=O) groups excluding carboxylic acids is 1. The largest absolute Gasteiger partial charge is 0.493 e. The van der Waals surface area contributed by atoms with Crippen LogP contribution in [0.15, 0.2) is 30.6 Å². The van der Waals surface area contributed by atoms with Crippen LogP contribution in [-0.2, 0) is 6.42 Å². The molecule has 132 valence electrons. The van der Waals surface area contributed by atoms with Crippen LogP contribution in [0.4, 0.5) is 5.82 Å². The summed E-state index contributed by atoms with van der Waals surface area (Å²) in [6, 6.07) is 6.22. The van der Waals surface area contributed by atoms with E-state index < -0.39 is 0 Å². The first-order chi connectivity index (χ1) is 12.2. The van der Waals surface area contributed by atoms with E-state index in [2.05, 4.69) is 20.6 Å². The maximum Gasteiger partial charge on any atom is 0.271 e. The Labute approximate surface area is 146 Å². The van der Waals surface area contributed by atoms with Crippen molar-refractivity contribution in [2.45, 2.75) is 25.3 Å². The van der Waals surface area contributed by atoms with Gasteiger partial charge in [0, 0.05) is 12.6 Å². The lowest BCUT2D eigenvalue weighted by atomic mass is 10.1. The van der Waals surface area contributed by atoms with Gasteiger partial charge in [-0.25, -0.2) is 9.97 Å². The average molecular weight is 342 g/mol. The Balaban J connectivity index is 1.50. The third-order valence-electron chi connectivity index (χ3n) is 3.96. The van der Waals surface area contributed by atoms with Gasteiger partial charge in [-0.05, 0) is 37.0 Å². The third kappa shape index (κ3) is 4.59. The van der Waals surface area contributed by atoms with E-state index in [1.807, 2.05) is 18.2 Å². The van der Waals surface area contributed by atoms with Crippen LogP contribution in [0.5, 0.6) is 11.5 Å². The lowest BCUT2D eigenvalue weighted by Gasteiger charge is -2.10. The summed E-state index contributed by atoms with van der Waals surface area (Å²) >= 11 is 0. The molecule has 1 aromatic heterocycles. The quantitative estimate of drug-likeness (QED) is 0.764. The van der Waals surface area contributed by atoms with Gasteiger partial charge in [0.1, 0.15) is 11.5 Å². The van der Waals surface area contributed by atoms with Crippen LogP contribution in [0.1, 0.15) is 28.9 Å². The second-order valence-electron chi connectivity index (χ2n) is 5.90. The molecule has 0 unspecified atom stereocenters. The lowest BCUT2D eigenvalue weighted by molar-refractivity contribution is 0.0949. The van der Waals surface area contributed by atoms with Crippen LogP contribution < -0.4 is 20.1 Å². The molecular weight excluding hydrogens is 320 g/mol. The zero-order valence-corrected chi connectivity index (χ0v) is 14.4. The maximum atomic E-state index is 12.1. The highest BCUT2D eigenvalue weighted by Gasteiger charge is 2.21. The Kier molecular flexibility index (Phi) is 5.33. The second-order valence-corrected chi connectivity index (χ2v) is 5.90. The number of carbonyl (C=O) groups is 1. The Morgan fingerprint density at radius 1 is 1.16 bits per heavy atom. The first kappa shape index (κ1) is 17.0. The van der Waals surface area contributed by atoms with Crippen LogP contribution in [0, 0.1) is 0 Å². The van der Waals surface area contributed by atoms with Gasteiger partial charge in [-0.15, -0.1) is 0 Å². The van der Waals surface area contributed by atoms with Gasteiger partial charge in [-0.3, -0.25) is 4.79 Å². The fourth-order valence-electron chi connectivity index (χ4n) is 2.40. The van der Waals surface area contributed by atoms with Gasteiger partial charge >= 0.3 is 0 Å². The number of methoxy groups -OCH3 is 2. The number of ether oxygens (including phenoxy) is 2. The SMILES string of the molecule is COc1ccc(CCNC(=O)c2cnc(NC3CC3)cn2)cc1OC. The minimum atomic E-state index is -0.231. The number of benzene rings is 1. The number of aromatic nitrogens is 2. The van der Waals surface area contributed by atoms with E-state index in [1.165, 1.54) is 19.0 Å². The van der Waals surface area contributed by atoms with Crippen molar-refractivity contribution in [2.24, 2.45) is 0 Å². The smallest absolute Gasteiger partial charge is 0.271 e. The summed E-state index contributed by atoms with van der Waals surface area (Å²) in [5.74, 6) is 1.84. The van der Waals surface area contributed by atoms with Gasteiger partial charge in [-0.2, -0.15) is 0 Å². The zero-order chi connectivity index (χ0) is 17.6. The summed E-state index contributed by atoms with van der Waals surface area (Å²) in [6.07, 6.45) is 6.11. The van der Waals surface area contributed by atoms with Gasteiger partial charge < -0.3 is 20.1 Å². The van der Waals surface area contributed by atoms with Gasteiger partial charge in [0.15, 0.2) is 11.5 Å². The molecule has 1 fully saturated rings. The standard InChI is InChI=1S/C18H22N4O3/c1-24-15-6-3-12(9-16(15)25-2)7-8-19-18(23)14-10-21-17(11-20-14)22-13-4-5-13/h3,6,9-11,13H,4-5,7-8H2,1-2H3,(H,19,23)(H,21,22). The van der Waals surface area contributed by atoms with E-state index in [1.54, 1.807) is 20.4 Å². The summed E-state index contributed by atoms with van der Waals surface area (Å²) in [5, 5.41) is 6.09. The molecule has 0 radical (unpaired) electrons. The predicted molar refractivity (Wildman–Crippen MR) is 94.3 cm³/mol. The van der Waals surface area contributed by atoms with E-state index in [0.29, 0.717) is 42.0 Å². The molecule has 1 heterocycles. The van der Waals surface area contributed by atoms with E-state index >= 15 is 0 Å². The van der Waals surface area contributed by atoms with Gasteiger partial charge in [0.05, 0.1) is 26.6 Å². The summed E-state index contributed by atoms with van der Waals surface area (Å²) < 4.78 is 10.5. The molecule has 0 spiro atoms. The number of amides is 1. The first-order valence-electron chi connectivity index (χ1n) is 8.27. The van der Waals surface area contributed by atoms with Crippen molar-refractivity contribution in [3.8, 4) is 11.5 Å². The van der Waals surface area contributed by atoms with Crippen LogP contribution >= 0.6 is 0 Å². The predicted octanol–water partition coefficient (Wildman–Crippen LogP) is 2.04. The molecule has 0 bridgehead atoms. The van der Waals surface area contributed by atoms with Gasteiger partial charge in [0.25, 0.3) is 5.91 Å². The second kappa shape index (κ2) is 7.83. The molecule has 2 N–H and O–H groups in total. The molecule has 1 saturated carbocycles. The Morgan fingerprint density at radius 2 is 1.96 bits per heavy atom. The molecule has 0 atom stereocenters. The summed E-state index contributed by atoms with van der Waals surface area (Å²) in [4.78, 5) is 20.5. The van der Waals surface area contributed by atoms with Crippen molar-refractivity contribution in [3.63, 3.8) is 0 Å². The number of hydrogen-bond acceptors (Lipinski definition) is 6. The maximum absolute atomic E-state index is 12.1. The van der Waals surface area contributed by atoms with Gasteiger partial charge in [-0.1, -0.05) is 6.07 Å². The fraction of sp³-hybridized carbons (Fsp3) is 0.389. The molecule has 7 nitrogen and oxygen atoms in total. The molecule has 3 rings (SSSR count). The molecule has 7 heteroatoms. The van der Waals surface area contributed by atoms with Crippen LogP contribution in [0.2, 0.25) is 0 Å². The van der Waals surface area contributed by atoms with Crippen LogP contribution in [0.25, 0.3) is 0 Å². The average Bonchev–Trinajstić information content (AvgIpc) is 3.46. The molecular formula is C18H22N4O3. The monoisotopic (exact) mass is 342 g/mol. The van der Waals surface area contributed by atoms with Crippen molar-refractivity contribution in [3.05, 3.63) is 41.9 Å². The Bertz CT molecular complexity index is 730. The molecule has 25 heavy (non-hydrogen) atoms. The minimum absolute atomic E-state index is 0.231. The molecule has 1 amide bonds. The fourth-order valence-corrected chi connectivity index (χ4v) is 2.40. The Hall–Kier alpha value is -2.83. The van der Waals surface area contributed by atoms with Crippen molar-refractivity contribution in [1.82, 2.24) is 15.3 Å². The highest BCUT2D eigenvalue weighted by Crippen LogP contribution is 2.27. The molecule has 2 aromatic rings. The molecule has 1 aromatic carbocycles. The molecule has 0 aliphatic heterocycles. The van der Waals surface area contributed by atoms with Crippen LogP contribution in [0.3, 0.4) is 0 Å². The number of anilines is 1. The number of hydrogen-bond donors (Lipinski definition) is 2. The molecule has 0 saturated heterocycles. The van der Waals surface area contributed by atoms with E-state index in [4.69, 9.17) is 9.47 Å². The number of nitrogens with zero attached hydrogens (tertiary/aromatic N) is 2. The summed E-state index contributed by atoms with van der Waals surface area (Å²) in [6.45, 7) is 0.498. The van der Waals surface area contributed by atoms with E-state index in [9.17, 15) is 4.79 Å². The van der Waals surface area contributed by atoms with Crippen molar-refractivity contribution in [1.29, 1.82) is 0 Å². The Morgan fingerprint density at radius 3 is 2.60 bits per heavy atom. The van der Waals surface area contributed by atoms with Gasteiger partial charge in [0.2, 0.25) is 0 Å². The number of nitrogens with one attached hydrogen (secondary N) is 2. The highest BCUT2D eigenvalue weighted by atomic mass is 16.5. The first-order valence-corrected chi connectivity index (χ1v) is 8.27. The van der Waals surface area contributed by atoms with Crippen LogP contribution in [-0.4, -0.2) is 42.7 Å². The third-order valence-corrected chi connectivity index (χ3v) is 3.96. The zero-order valence-electron chi connectivity index (χ0n) is 14.4.